The Labute approximate surface area is 129 Å². The molecule has 0 aromatic carbocycles. The van der Waals surface area contributed by atoms with Gasteiger partial charge in [0.2, 0.25) is 0 Å². The lowest BCUT2D eigenvalue weighted by Crippen LogP contribution is -2.56. The van der Waals surface area contributed by atoms with E-state index in [1.165, 1.54) is 0 Å². The third-order valence-electron chi connectivity index (χ3n) is 4.05. The Hall–Kier alpha value is -1.06. The maximum absolute atomic E-state index is 12.5. The van der Waals surface area contributed by atoms with E-state index in [0.29, 0.717) is 0 Å². The Morgan fingerprint density at radius 1 is 1.05 bits per heavy atom. The predicted molar refractivity (Wildman–Crippen MR) is 85.9 cm³/mol. The molecule has 2 atom stereocenters. The number of carbonyl (C=O) groups is 2. The van der Waals surface area contributed by atoms with Crippen molar-refractivity contribution in [1.82, 2.24) is 10.2 Å². The molecule has 0 aromatic heterocycles. The highest BCUT2D eigenvalue weighted by Crippen LogP contribution is 2.27. The van der Waals surface area contributed by atoms with Gasteiger partial charge in [-0.05, 0) is 58.8 Å². The van der Waals surface area contributed by atoms with E-state index in [4.69, 9.17) is 0 Å². The summed E-state index contributed by atoms with van der Waals surface area (Å²) in [6.07, 6.45) is 3.91. The molecule has 0 bridgehead atoms. The summed E-state index contributed by atoms with van der Waals surface area (Å²) in [5.41, 5.74) is -0.279. The molecule has 0 spiro atoms. The maximum atomic E-state index is 12.5. The Bertz CT molecular complexity index is 386. The predicted octanol–water partition coefficient (Wildman–Crippen LogP) is 3.11. The van der Waals surface area contributed by atoms with Crippen LogP contribution in [-0.4, -0.2) is 34.3 Å². The quantitative estimate of drug-likeness (QED) is 0.796. The van der Waals surface area contributed by atoms with Gasteiger partial charge in [-0.15, -0.1) is 0 Å². The Morgan fingerprint density at radius 2 is 1.52 bits per heavy atom. The van der Waals surface area contributed by atoms with Crippen molar-refractivity contribution < 1.29 is 9.59 Å². The molecular formula is C17H32N2O2. The number of rotatable bonds is 2. The van der Waals surface area contributed by atoms with E-state index in [9.17, 15) is 9.59 Å². The average Bonchev–Trinajstić information content (AvgIpc) is 2.24. The Kier molecular flexibility index (Phi) is 5.46. The van der Waals surface area contributed by atoms with Gasteiger partial charge in [0, 0.05) is 17.6 Å². The number of hydrogen-bond donors (Lipinski definition) is 1. The molecule has 1 heterocycles. The average molecular weight is 296 g/mol. The van der Waals surface area contributed by atoms with Gasteiger partial charge in [0.05, 0.1) is 0 Å². The van der Waals surface area contributed by atoms with E-state index in [1.54, 1.807) is 4.90 Å². The van der Waals surface area contributed by atoms with Gasteiger partial charge < -0.3 is 10.2 Å². The summed E-state index contributed by atoms with van der Waals surface area (Å²) < 4.78 is 0. The minimum Gasteiger partial charge on any atom is -0.343 e. The lowest BCUT2D eigenvalue weighted by atomic mass is 9.82. The minimum absolute atomic E-state index is 0.103. The molecule has 0 radical (unpaired) electrons. The van der Waals surface area contributed by atoms with Crippen LogP contribution in [0.15, 0.2) is 0 Å². The van der Waals surface area contributed by atoms with Crippen LogP contribution in [0.3, 0.4) is 0 Å². The first-order valence-corrected chi connectivity index (χ1v) is 8.08. The molecule has 4 nitrogen and oxygen atoms in total. The monoisotopic (exact) mass is 296 g/mol. The van der Waals surface area contributed by atoms with E-state index >= 15 is 0 Å². The van der Waals surface area contributed by atoms with Crippen LogP contribution in [0.4, 0.5) is 0 Å². The lowest BCUT2D eigenvalue weighted by molar-refractivity contribution is -0.151. The summed E-state index contributed by atoms with van der Waals surface area (Å²) in [7, 11) is 0. The van der Waals surface area contributed by atoms with Crippen molar-refractivity contribution in [3.05, 3.63) is 0 Å². The number of hydrogen-bond acceptors (Lipinski definition) is 2. The summed E-state index contributed by atoms with van der Waals surface area (Å²) in [6, 6.07) is 0.301. The molecule has 1 aliphatic rings. The summed E-state index contributed by atoms with van der Waals surface area (Å²) in [5.74, 6) is -0.846. The first-order chi connectivity index (χ1) is 9.43. The summed E-state index contributed by atoms with van der Waals surface area (Å²) in [5, 5.41) is 2.92. The number of piperidine rings is 1. The third kappa shape index (κ3) is 5.33. The van der Waals surface area contributed by atoms with E-state index < -0.39 is 5.91 Å². The number of nitrogens with zero attached hydrogens (tertiary/aromatic N) is 1. The number of likely N-dealkylation sites (tertiary alicyclic amines) is 1. The fourth-order valence-electron chi connectivity index (χ4n) is 3.67. The second-order valence-electron chi connectivity index (χ2n) is 8.42. The molecule has 21 heavy (non-hydrogen) atoms. The summed E-state index contributed by atoms with van der Waals surface area (Å²) in [6.45, 7) is 14.4. The Morgan fingerprint density at radius 3 is 1.95 bits per heavy atom. The van der Waals surface area contributed by atoms with Gasteiger partial charge in [-0.1, -0.05) is 20.8 Å². The van der Waals surface area contributed by atoms with Crippen molar-refractivity contribution in [3.63, 3.8) is 0 Å². The van der Waals surface area contributed by atoms with E-state index in [0.717, 1.165) is 25.7 Å². The zero-order chi connectivity index (χ0) is 16.4. The standard InChI is InChI=1S/C17H32N2O2/c1-12-9-8-10-13(2)19(12)15(21)14(20)18-17(6,7)11-16(3,4)5/h12-13H,8-11H2,1-7H3,(H,18,20). The van der Waals surface area contributed by atoms with Crippen molar-refractivity contribution in [2.75, 3.05) is 0 Å². The molecular weight excluding hydrogens is 264 g/mol. The van der Waals surface area contributed by atoms with Crippen molar-refractivity contribution >= 4 is 11.8 Å². The first kappa shape index (κ1) is 18.0. The number of amides is 2. The summed E-state index contributed by atoms with van der Waals surface area (Å²) in [4.78, 5) is 26.6. The molecule has 0 aromatic rings. The zero-order valence-electron chi connectivity index (χ0n) is 14.7. The highest BCUT2D eigenvalue weighted by molar-refractivity contribution is 6.35. The molecule has 0 aliphatic carbocycles. The SMILES string of the molecule is CC1CCCC(C)N1C(=O)C(=O)NC(C)(C)CC(C)(C)C. The fourth-order valence-corrected chi connectivity index (χ4v) is 3.67. The van der Waals surface area contributed by atoms with Crippen molar-refractivity contribution in [2.24, 2.45) is 5.41 Å². The van der Waals surface area contributed by atoms with Gasteiger partial charge >= 0.3 is 11.8 Å². The maximum Gasteiger partial charge on any atom is 0.312 e. The zero-order valence-corrected chi connectivity index (χ0v) is 14.7. The van der Waals surface area contributed by atoms with Crippen LogP contribution in [0, 0.1) is 5.41 Å². The second-order valence-corrected chi connectivity index (χ2v) is 8.42. The van der Waals surface area contributed by atoms with Crippen LogP contribution < -0.4 is 5.32 Å². The van der Waals surface area contributed by atoms with Crippen LogP contribution in [-0.2, 0) is 9.59 Å². The molecule has 1 N–H and O–H groups in total. The van der Waals surface area contributed by atoms with Crippen molar-refractivity contribution in [3.8, 4) is 0 Å². The van der Waals surface area contributed by atoms with E-state index in [1.807, 2.05) is 27.7 Å². The smallest absolute Gasteiger partial charge is 0.312 e. The highest BCUT2D eigenvalue weighted by atomic mass is 16.2. The van der Waals surface area contributed by atoms with Gasteiger partial charge in [-0.25, -0.2) is 0 Å². The van der Waals surface area contributed by atoms with Crippen molar-refractivity contribution in [1.29, 1.82) is 0 Å². The second kappa shape index (κ2) is 6.37. The van der Waals surface area contributed by atoms with Crippen LogP contribution in [0.2, 0.25) is 0 Å². The molecule has 2 unspecified atom stereocenters. The Balaban J connectivity index is 2.72. The molecule has 122 valence electrons. The van der Waals surface area contributed by atoms with Crippen LogP contribution >= 0.6 is 0 Å². The van der Waals surface area contributed by atoms with Gasteiger partial charge in [-0.3, -0.25) is 9.59 Å². The summed E-state index contributed by atoms with van der Waals surface area (Å²) >= 11 is 0. The minimum atomic E-state index is -0.468. The molecule has 1 rings (SSSR count). The number of carbonyl (C=O) groups excluding carboxylic acids is 2. The highest BCUT2D eigenvalue weighted by Gasteiger charge is 2.35. The van der Waals surface area contributed by atoms with Gasteiger partial charge in [0.25, 0.3) is 0 Å². The largest absolute Gasteiger partial charge is 0.343 e. The molecule has 1 saturated heterocycles. The normalized spacial score (nSPS) is 23.9. The lowest BCUT2D eigenvalue weighted by Gasteiger charge is -2.39. The molecule has 1 aliphatic heterocycles. The van der Waals surface area contributed by atoms with E-state index in [2.05, 4.69) is 26.1 Å². The van der Waals surface area contributed by atoms with Gasteiger partial charge in [0.1, 0.15) is 0 Å². The fraction of sp³-hybridized carbons (Fsp3) is 0.882. The number of nitrogens with one attached hydrogen (secondary N) is 1. The van der Waals surface area contributed by atoms with Crippen LogP contribution in [0.1, 0.15) is 74.1 Å². The molecule has 1 fully saturated rings. The van der Waals surface area contributed by atoms with Crippen molar-refractivity contribution in [2.45, 2.75) is 91.8 Å². The van der Waals surface area contributed by atoms with Crippen LogP contribution in [0.25, 0.3) is 0 Å². The van der Waals surface area contributed by atoms with Gasteiger partial charge in [0.15, 0.2) is 0 Å². The van der Waals surface area contributed by atoms with Crippen LogP contribution in [0.5, 0.6) is 0 Å². The molecule has 4 heteroatoms. The first-order valence-electron chi connectivity index (χ1n) is 8.08. The van der Waals surface area contributed by atoms with E-state index in [-0.39, 0.29) is 28.9 Å². The molecule has 2 amide bonds. The van der Waals surface area contributed by atoms with Gasteiger partial charge in [-0.2, -0.15) is 0 Å². The topological polar surface area (TPSA) is 49.4 Å². The molecule has 0 saturated carbocycles. The third-order valence-corrected chi connectivity index (χ3v) is 4.05.